The summed E-state index contributed by atoms with van der Waals surface area (Å²) in [5.41, 5.74) is 1.17. The number of anilines is 1. The molecule has 0 atom stereocenters. The number of thioether (sulfide) groups is 1. The highest BCUT2D eigenvalue weighted by molar-refractivity contribution is 7.98. The third-order valence-electron chi connectivity index (χ3n) is 4.88. The average Bonchev–Trinajstić information content (AvgIpc) is 3.07. The Morgan fingerprint density at radius 2 is 1.96 bits per heavy atom. The molecule has 0 radical (unpaired) electrons. The molecule has 0 bridgehead atoms. The Kier molecular flexibility index (Phi) is 4.76. The molecule has 1 aromatic carbocycles. The minimum absolute atomic E-state index is 0.726. The summed E-state index contributed by atoms with van der Waals surface area (Å²) in [4.78, 5) is 11.3. The second-order valence-electron chi connectivity index (χ2n) is 6.17. The van der Waals surface area contributed by atoms with Crippen LogP contribution in [0.3, 0.4) is 0 Å². The lowest BCUT2D eigenvalue weighted by Gasteiger charge is -2.40. The third kappa shape index (κ3) is 3.22. The number of aromatic nitrogens is 1. The van der Waals surface area contributed by atoms with Gasteiger partial charge in [0.05, 0.1) is 10.2 Å². The number of para-hydroxylation sites is 1. The third-order valence-corrected chi connectivity index (χ3v) is 6.73. The maximum absolute atomic E-state index is 5.49. The van der Waals surface area contributed by atoms with Gasteiger partial charge in [-0.15, -0.1) is 11.8 Å². The lowest BCUT2D eigenvalue weighted by Crippen LogP contribution is -2.51. The minimum Gasteiger partial charge on any atom is -0.381 e. The number of benzene rings is 1. The Labute approximate surface area is 145 Å². The molecule has 2 aliphatic heterocycles. The van der Waals surface area contributed by atoms with E-state index in [0.717, 1.165) is 45.4 Å². The molecule has 23 heavy (non-hydrogen) atoms. The molecule has 124 valence electrons. The summed E-state index contributed by atoms with van der Waals surface area (Å²) in [5, 5.41) is 1.19. The summed E-state index contributed by atoms with van der Waals surface area (Å²) in [6.07, 6.45) is 4.51. The van der Waals surface area contributed by atoms with E-state index in [-0.39, 0.29) is 0 Å². The molecule has 0 spiro atoms. The second kappa shape index (κ2) is 6.97. The predicted octanol–water partition coefficient (Wildman–Crippen LogP) is 3.32. The number of thiazole rings is 1. The molecule has 4 rings (SSSR count). The lowest BCUT2D eigenvalue weighted by molar-refractivity contribution is 0.0321. The van der Waals surface area contributed by atoms with Gasteiger partial charge < -0.3 is 9.64 Å². The maximum atomic E-state index is 5.49. The zero-order chi connectivity index (χ0) is 15.6. The zero-order valence-electron chi connectivity index (χ0n) is 13.5. The topological polar surface area (TPSA) is 28.6 Å². The molecule has 4 nitrogen and oxygen atoms in total. The van der Waals surface area contributed by atoms with Crippen LogP contribution in [0.1, 0.15) is 12.8 Å². The van der Waals surface area contributed by atoms with Crippen molar-refractivity contribution in [1.82, 2.24) is 9.88 Å². The molecule has 2 aliphatic rings. The first-order valence-corrected chi connectivity index (χ1v) is 10.4. The van der Waals surface area contributed by atoms with Crippen molar-refractivity contribution in [3.63, 3.8) is 0 Å². The van der Waals surface area contributed by atoms with E-state index in [0.29, 0.717) is 0 Å². The highest BCUT2D eigenvalue weighted by atomic mass is 32.2. The number of hydrogen-bond donors (Lipinski definition) is 0. The highest BCUT2D eigenvalue weighted by Gasteiger charge is 2.26. The molecule has 3 heterocycles. The lowest BCUT2D eigenvalue weighted by atomic mass is 10.1. The van der Waals surface area contributed by atoms with Crippen LogP contribution in [-0.4, -0.2) is 61.6 Å². The quantitative estimate of drug-likeness (QED) is 0.793. The number of ether oxygens (including phenoxy) is 1. The highest BCUT2D eigenvalue weighted by Crippen LogP contribution is 2.34. The minimum atomic E-state index is 0.726. The van der Waals surface area contributed by atoms with E-state index in [1.807, 2.05) is 11.3 Å². The van der Waals surface area contributed by atoms with Crippen molar-refractivity contribution in [3.8, 4) is 0 Å². The van der Waals surface area contributed by atoms with E-state index in [1.165, 1.54) is 33.1 Å². The van der Waals surface area contributed by atoms with Crippen molar-refractivity contribution < 1.29 is 4.74 Å². The normalized spacial score (nSPS) is 21.2. The van der Waals surface area contributed by atoms with Crippen LogP contribution < -0.4 is 4.90 Å². The van der Waals surface area contributed by atoms with Crippen LogP contribution in [0.4, 0.5) is 5.13 Å². The fraction of sp³-hybridized carbons (Fsp3) is 0.588. The van der Waals surface area contributed by atoms with Crippen molar-refractivity contribution >= 4 is 38.4 Å². The summed E-state index contributed by atoms with van der Waals surface area (Å²) < 4.78 is 6.79. The number of hydrogen-bond acceptors (Lipinski definition) is 6. The molecular weight excluding hydrogens is 326 g/mol. The van der Waals surface area contributed by atoms with Gasteiger partial charge in [-0.05, 0) is 31.2 Å². The summed E-state index contributed by atoms with van der Waals surface area (Å²) in [6.45, 7) is 6.34. The summed E-state index contributed by atoms with van der Waals surface area (Å²) in [5.74, 6) is 0. The summed E-state index contributed by atoms with van der Waals surface area (Å²) in [6, 6.07) is 7.22. The van der Waals surface area contributed by atoms with E-state index in [1.54, 1.807) is 11.8 Å². The van der Waals surface area contributed by atoms with Crippen molar-refractivity contribution in [2.24, 2.45) is 0 Å². The maximum Gasteiger partial charge on any atom is 0.186 e. The van der Waals surface area contributed by atoms with Crippen LogP contribution in [0.25, 0.3) is 10.2 Å². The number of rotatable bonds is 3. The molecule has 6 heteroatoms. The first-order chi connectivity index (χ1) is 11.3. The molecule has 0 unspecified atom stereocenters. The van der Waals surface area contributed by atoms with Crippen molar-refractivity contribution in [3.05, 3.63) is 18.2 Å². The Hall–Kier alpha value is -0.820. The molecule has 1 aromatic heterocycles. The largest absolute Gasteiger partial charge is 0.381 e. The van der Waals surface area contributed by atoms with Gasteiger partial charge in [-0.1, -0.05) is 17.4 Å². The summed E-state index contributed by atoms with van der Waals surface area (Å²) in [7, 11) is 0. The van der Waals surface area contributed by atoms with Gasteiger partial charge in [0.15, 0.2) is 5.13 Å². The fourth-order valence-corrected chi connectivity index (χ4v) is 5.21. The average molecular weight is 350 g/mol. The Bertz CT molecular complexity index is 661. The molecule has 0 N–H and O–H groups in total. The van der Waals surface area contributed by atoms with Gasteiger partial charge in [0.1, 0.15) is 0 Å². The molecule has 0 aliphatic carbocycles. The molecule has 2 saturated heterocycles. The van der Waals surface area contributed by atoms with Crippen molar-refractivity contribution in [2.45, 2.75) is 23.8 Å². The van der Waals surface area contributed by atoms with E-state index in [4.69, 9.17) is 9.72 Å². The first-order valence-electron chi connectivity index (χ1n) is 8.35. The molecule has 0 amide bonds. The van der Waals surface area contributed by atoms with Crippen LogP contribution in [-0.2, 0) is 4.74 Å². The number of piperazine rings is 1. The Morgan fingerprint density at radius 1 is 1.17 bits per heavy atom. The van der Waals surface area contributed by atoms with Gasteiger partial charge in [0.2, 0.25) is 0 Å². The van der Waals surface area contributed by atoms with Gasteiger partial charge in [0, 0.05) is 50.3 Å². The van der Waals surface area contributed by atoms with Gasteiger partial charge >= 0.3 is 0 Å². The van der Waals surface area contributed by atoms with Gasteiger partial charge in [-0.25, -0.2) is 4.98 Å². The predicted molar refractivity (Wildman–Crippen MR) is 99.0 cm³/mol. The smallest absolute Gasteiger partial charge is 0.186 e. The molecule has 0 saturated carbocycles. The van der Waals surface area contributed by atoms with E-state index < -0.39 is 0 Å². The van der Waals surface area contributed by atoms with Gasteiger partial charge in [-0.3, -0.25) is 4.90 Å². The Balaban J connectivity index is 1.45. The van der Waals surface area contributed by atoms with Crippen LogP contribution in [0.15, 0.2) is 23.1 Å². The van der Waals surface area contributed by atoms with Crippen molar-refractivity contribution in [1.29, 1.82) is 0 Å². The van der Waals surface area contributed by atoms with Crippen LogP contribution >= 0.6 is 23.1 Å². The van der Waals surface area contributed by atoms with E-state index >= 15 is 0 Å². The van der Waals surface area contributed by atoms with Crippen molar-refractivity contribution in [2.75, 3.05) is 50.5 Å². The first kappa shape index (κ1) is 15.7. The van der Waals surface area contributed by atoms with Gasteiger partial charge in [0.25, 0.3) is 0 Å². The number of fused-ring (bicyclic) bond motifs is 1. The summed E-state index contributed by atoms with van der Waals surface area (Å²) >= 11 is 3.62. The number of nitrogens with zero attached hydrogens (tertiary/aromatic N) is 3. The monoisotopic (exact) mass is 349 g/mol. The van der Waals surface area contributed by atoms with E-state index in [2.05, 4.69) is 34.3 Å². The zero-order valence-corrected chi connectivity index (χ0v) is 15.2. The van der Waals surface area contributed by atoms with Crippen LogP contribution in [0.5, 0.6) is 0 Å². The Morgan fingerprint density at radius 3 is 2.70 bits per heavy atom. The fourth-order valence-electron chi connectivity index (χ4n) is 3.54. The standard InChI is InChI=1S/C17H23N3OS2/c1-22-14-3-2-4-15-16(14)18-17(23-15)20-9-7-19(8-10-20)13-5-11-21-12-6-13/h2-4,13H,5-12H2,1H3. The van der Waals surface area contributed by atoms with Gasteiger partial charge in [-0.2, -0.15) is 0 Å². The second-order valence-corrected chi connectivity index (χ2v) is 8.03. The molecule has 2 fully saturated rings. The van der Waals surface area contributed by atoms with Crippen LogP contribution in [0.2, 0.25) is 0 Å². The molecule has 2 aromatic rings. The van der Waals surface area contributed by atoms with Crippen LogP contribution in [0, 0.1) is 0 Å². The molecular formula is C17H23N3OS2. The SMILES string of the molecule is CSc1cccc2sc(N3CCN(C4CCOCC4)CC3)nc12. The van der Waals surface area contributed by atoms with E-state index in [9.17, 15) is 0 Å².